The summed E-state index contributed by atoms with van der Waals surface area (Å²) < 4.78 is 0. The number of pyridine rings is 2. The van der Waals surface area contributed by atoms with Crippen molar-refractivity contribution in [2.45, 2.75) is 13.0 Å². The van der Waals surface area contributed by atoms with Crippen LogP contribution >= 0.6 is 11.6 Å². The molecule has 7 heteroatoms. The van der Waals surface area contributed by atoms with E-state index < -0.39 is 0 Å². The van der Waals surface area contributed by atoms with Gasteiger partial charge in [-0.2, -0.15) is 0 Å². The molecule has 0 bridgehead atoms. The maximum atomic E-state index is 11.8. The molecule has 2 aromatic heterocycles. The number of carbonyl (C=O) groups is 1. The molecule has 6 nitrogen and oxygen atoms in total. The van der Waals surface area contributed by atoms with E-state index in [0.29, 0.717) is 24.5 Å². The number of amides is 2. The van der Waals surface area contributed by atoms with Crippen molar-refractivity contribution in [1.29, 1.82) is 0 Å². The number of aliphatic hydroxyl groups excluding tert-OH is 1. The fraction of sp³-hybridized carbons (Fsp3) is 0.312. The summed E-state index contributed by atoms with van der Waals surface area (Å²) in [6.07, 6.45) is 3.85. The number of hydrogen-bond acceptors (Lipinski definition) is 4. The third-order valence-electron chi connectivity index (χ3n) is 3.25. The number of aromatic nitrogens is 2. The molecule has 0 aliphatic rings. The number of aliphatic hydroxyl groups is 1. The summed E-state index contributed by atoms with van der Waals surface area (Å²) >= 11 is 5.75. The van der Waals surface area contributed by atoms with E-state index in [1.165, 1.54) is 6.20 Å². The number of hydrogen-bond donors (Lipinski definition) is 3. The van der Waals surface area contributed by atoms with Crippen LogP contribution in [0.25, 0.3) is 0 Å². The van der Waals surface area contributed by atoms with E-state index in [2.05, 4.69) is 20.6 Å². The highest BCUT2D eigenvalue weighted by Crippen LogP contribution is 2.06. The fourth-order valence-electron chi connectivity index (χ4n) is 2.00. The zero-order valence-corrected chi connectivity index (χ0v) is 13.3. The van der Waals surface area contributed by atoms with Crippen LogP contribution in [0.4, 0.5) is 4.79 Å². The summed E-state index contributed by atoms with van der Waals surface area (Å²) in [6, 6.07) is 8.80. The molecule has 2 heterocycles. The zero-order valence-electron chi connectivity index (χ0n) is 12.6. The molecule has 0 fully saturated rings. The van der Waals surface area contributed by atoms with Gasteiger partial charge in [-0.3, -0.25) is 9.97 Å². The molecule has 0 radical (unpaired) electrons. The Morgan fingerprint density at radius 1 is 1.17 bits per heavy atom. The second kappa shape index (κ2) is 9.07. The van der Waals surface area contributed by atoms with Crippen LogP contribution in [0.2, 0.25) is 5.02 Å². The molecule has 2 rings (SSSR count). The first kappa shape index (κ1) is 17.2. The van der Waals surface area contributed by atoms with Gasteiger partial charge in [0.1, 0.15) is 0 Å². The van der Waals surface area contributed by atoms with Crippen molar-refractivity contribution in [3.8, 4) is 0 Å². The van der Waals surface area contributed by atoms with Crippen LogP contribution < -0.4 is 10.6 Å². The first-order chi connectivity index (χ1) is 11.2. The molecule has 0 aromatic carbocycles. The molecule has 3 N–H and O–H groups in total. The number of carbonyl (C=O) groups excluding carboxylic acids is 1. The van der Waals surface area contributed by atoms with Gasteiger partial charge in [0, 0.05) is 37.2 Å². The Morgan fingerprint density at radius 2 is 2.04 bits per heavy atom. The summed E-state index contributed by atoms with van der Waals surface area (Å²) in [5, 5.41) is 15.4. The van der Waals surface area contributed by atoms with Crippen molar-refractivity contribution in [2.24, 2.45) is 5.92 Å². The Balaban J connectivity index is 1.72. The minimum absolute atomic E-state index is 0.0183. The average molecular weight is 335 g/mol. The van der Waals surface area contributed by atoms with Crippen LogP contribution in [-0.2, 0) is 13.0 Å². The third-order valence-corrected chi connectivity index (χ3v) is 3.48. The van der Waals surface area contributed by atoms with Crippen molar-refractivity contribution in [3.05, 3.63) is 59.1 Å². The smallest absolute Gasteiger partial charge is 0.315 e. The molecule has 0 spiro atoms. The number of nitrogens with zero attached hydrogens (tertiary/aromatic N) is 2. The summed E-state index contributed by atoms with van der Waals surface area (Å²) in [6.45, 7) is 0.662. The molecular formula is C16H19ClN4O2. The van der Waals surface area contributed by atoms with Crippen LogP contribution in [0.15, 0.2) is 42.7 Å². The van der Waals surface area contributed by atoms with Crippen LogP contribution in [-0.4, -0.2) is 34.3 Å². The largest absolute Gasteiger partial charge is 0.396 e. The molecule has 0 aliphatic heterocycles. The lowest BCUT2D eigenvalue weighted by atomic mass is 10.0. The van der Waals surface area contributed by atoms with Crippen molar-refractivity contribution >= 4 is 17.6 Å². The quantitative estimate of drug-likeness (QED) is 0.720. The third kappa shape index (κ3) is 6.22. The maximum absolute atomic E-state index is 11.8. The van der Waals surface area contributed by atoms with Gasteiger partial charge in [-0.05, 0) is 30.7 Å². The highest BCUT2D eigenvalue weighted by atomic mass is 35.5. The van der Waals surface area contributed by atoms with E-state index in [9.17, 15) is 9.90 Å². The van der Waals surface area contributed by atoms with Crippen molar-refractivity contribution in [1.82, 2.24) is 20.6 Å². The molecule has 0 aliphatic carbocycles. The van der Waals surface area contributed by atoms with E-state index >= 15 is 0 Å². The second-order valence-corrected chi connectivity index (χ2v) is 5.54. The first-order valence-corrected chi connectivity index (χ1v) is 7.68. The van der Waals surface area contributed by atoms with E-state index in [-0.39, 0.29) is 18.6 Å². The lowest BCUT2D eigenvalue weighted by Crippen LogP contribution is -2.39. The van der Waals surface area contributed by atoms with Gasteiger partial charge >= 0.3 is 6.03 Å². The summed E-state index contributed by atoms with van der Waals surface area (Å²) in [5.74, 6) is -0.0793. The van der Waals surface area contributed by atoms with Gasteiger partial charge in [0.25, 0.3) is 0 Å². The van der Waals surface area contributed by atoms with Gasteiger partial charge in [-0.25, -0.2) is 4.79 Å². The number of nitrogens with one attached hydrogen (secondary N) is 2. The standard InChI is InChI=1S/C16H19ClN4O2/c17-13-4-5-15(19-9-13)10-21-16(23)20-8-12(11-22)7-14-3-1-2-6-18-14/h1-6,9,12,22H,7-8,10-11H2,(H2,20,21,23). The number of rotatable bonds is 7. The van der Waals surface area contributed by atoms with Crippen LogP contribution in [0.5, 0.6) is 0 Å². The van der Waals surface area contributed by atoms with Crippen LogP contribution in [0.3, 0.4) is 0 Å². The van der Waals surface area contributed by atoms with Gasteiger partial charge in [0.05, 0.1) is 17.3 Å². The number of urea groups is 1. The van der Waals surface area contributed by atoms with Gasteiger partial charge in [-0.1, -0.05) is 17.7 Å². The van der Waals surface area contributed by atoms with Crippen LogP contribution in [0.1, 0.15) is 11.4 Å². The Bertz CT molecular complexity index is 607. The molecule has 2 amide bonds. The SMILES string of the molecule is O=C(NCc1ccc(Cl)cn1)NCC(CO)Cc1ccccn1. The van der Waals surface area contributed by atoms with E-state index in [4.69, 9.17) is 11.6 Å². The normalized spacial score (nSPS) is 11.7. The van der Waals surface area contributed by atoms with E-state index in [0.717, 1.165) is 11.4 Å². The van der Waals surface area contributed by atoms with Gasteiger partial charge in [0.15, 0.2) is 0 Å². The van der Waals surface area contributed by atoms with Crippen molar-refractivity contribution in [2.75, 3.05) is 13.2 Å². The minimum Gasteiger partial charge on any atom is -0.396 e. The van der Waals surface area contributed by atoms with E-state index in [1.807, 2.05) is 18.2 Å². The summed E-state index contributed by atoms with van der Waals surface area (Å²) in [4.78, 5) is 20.1. The van der Waals surface area contributed by atoms with Crippen LogP contribution in [0, 0.1) is 5.92 Å². The zero-order chi connectivity index (χ0) is 16.5. The first-order valence-electron chi connectivity index (χ1n) is 7.30. The lowest BCUT2D eigenvalue weighted by molar-refractivity contribution is 0.213. The highest BCUT2D eigenvalue weighted by molar-refractivity contribution is 6.30. The second-order valence-electron chi connectivity index (χ2n) is 5.11. The highest BCUT2D eigenvalue weighted by Gasteiger charge is 2.11. The minimum atomic E-state index is -0.304. The molecule has 2 aromatic rings. The monoisotopic (exact) mass is 334 g/mol. The van der Waals surface area contributed by atoms with Crippen molar-refractivity contribution in [3.63, 3.8) is 0 Å². The molecule has 122 valence electrons. The molecule has 0 saturated heterocycles. The number of halogens is 1. The predicted molar refractivity (Wildman–Crippen MR) is 88.0 cm³/mol. The van der Waals surface area contributed by atoms with Gasteiger partial charge in [0.2, 0.25) is 0 Å². The van der Waals surface area contributed by atoms with E-state index in [1.54, 1.807) is 18.3 Å². The summed E-state index contributed by atoms with van der Waals surface area (Å²) in [7, 11) is 0. The van der Waals surface area contributed by atoms with Gasteiger partial charge < -0.3 is 15.7 Å². The molecule has 1 unspecified atom stereocenters. The topological polar surface area (TPSA) is 87.1 Å². The fourth-order valence-corrected chi connectivity index (χ4v) is 2.11. The summed E-state index contributed by atoms with van der Waals surface area (Å²) in [5.41, 5.74) is 1.61. The Labute approximate surface area is 139 Å². The van der Waals surface area contributed by atoms with Gasteiger partial charge in [-0.15, -0.1) is 0 Å². The molecule has 1 atom stereocenters. The lowest BCUT2D eigenvalue weighted by Gasteiger charge is -2.15. The Hall–Kier alpha value is -2.18. The molecule has 23 heavy (non-hydrogen) atoms. The Morgan fingerprint density at radius 3 is 2.70 bits per heavy atom. The maximum Gasteiger partial charge on any atom is 0.315 e. The Kier molecular flexibility index (Phi) is 6.77. The average Bonchev–Trinajstić information content (AvgIpc) is 2.59. The molecule has 0 saturated carbocycles. The van der Waals surface area contributed by atoms with Crippen molar-refractivity contribution < 1.29 is 9.90 Å². The molecular weight excluding hydrogens is 316 g/mol. The predicted octanol–water partition coefficient (Wildman–Crippen LogP) is 1.78.